The van der Waals surface area contributed by atoms with E-state index in [1.165, 1.54) is 33.0 Å². The standard InChI is InChI=1S/C53H36N2O/c1-3-17-41(18-4-1)55(42-19-5-2-6-20-42)43-35-33-39(34-36-43)46-23-10-12-25-48(46)47-24-11-9-22-45(47)38-29-31-40(32-30-38)53-54-51-28-14-27-50(52(51)56-53)49-26-13-16-37-15-7-8-21-44(37)49/h1-36H. The smallest absolute Gasteiger partial charge is 0.227 e. The van der Waals surface area contributed by atoms with Gasteiger partial charge in [-0.1, -0.05) is 164 Å². The van der Waals surface area contributed by atoms with Gasteiger partial charge in [0.15, 0.2) is 5.58 Å². The Morgan fingerprint density at radius 2 is 0.768 bits per heavy atom. The fraction of sp³-hybridized carbons (Fsp3) is 0. The van der Waals surface area contributed by atoms with Gasteiger partial charge >= 0.3 is 0 Å². The number of nitrogens with zero attached hydrogens (tertiary/aromatic N) is 2. The number of fused-ring (bicyclic) bond motifs is 2. The molecule has 0 aliphatic rings. The van der Waals surface area contributed by atoms with Crippen LogP contribution in [0.1, 0.15) is 0 Å². The Balaban J connectivity index is 0.977. The summed E-state index contributed by atoms with van der Waals surface area (Å²) in [6, 6.07) is 76.9. The van der Waals surface area contributed by atoms with E-state index in [-0.39, 0.29) is 0 Å². The number of aromatic nitrogens is 1. The molecule has 9 aromatic carbocycles. The highest BCUT2D eigenvalue weighted by molar-refractivity contribution is 6.03. The van der Waals surface area contributed by atoms with Gasteiger partial charge in [0.25, 0.3) is 0 Å². The van der Waals surface area contributed by atoms with Crippen molar-refractivity contribution in [2.45, 2.75) is 0 Å². The summed E-state index contributed by atoms with van der Waals surface area (Å²) in [6.45, 7) is 0. The average Bonchev–Trinajstić information content (AvgIpc) is 3.73. The van der Waals surface area contributed by atoms with Gasteiger partial charge in [-0.3, -0.25) is 0 Å². The summed E-state index contributed by atoms with van der Waals surface area (Å²) < 4.78 is 6.55. The molecule has 1 aromatic heterocycles. The first-order valence-corrected chi connectivity index (χ1v) is 19.0. The summed E-state index contributed by atoms with van der Waals surface area (Å²) in [5.74, 6) is 0.611. The first-order chi connectivity index (χ1) is 27.8. The number of benzene rings is 9. The average molecular weight is 717 g/mol. The second kappa shape index (κ2) is 14.4. The Labute approximate surface area is 326 Å². The third kappa shape index (κ3) is 6.12. The number of anilines is 3. The van der Waals surface area contributed by atoms with E-state index in [2.05, 4.69) is 217 Å². The number of para-hydroxylation sites is 3. The predicted molar refractivity (Wildman–Crippen MR) is 233 cm³/mol. The summed E-state index contributed by atoms with van der Waals surface area (Å²) in [6.07, 6.45) is 0. The van der Waals surface area contributed by atoms with E-state index in [1.54, 1.807) is 0 Å². The molecule has 3 heteroatoms. The monoisotopic (exact) mass is 716 g/mol. The Morgan fingerprint density at radius 1 is 0.321 bits per heavy atom. The summed E-state index contributed by atoms with van der Waals surface area (Å²) in [5, 5.41) is 2.40. The Morgan fingerprint density at radius 3 is 1.41 bits per heavy atom. The molecule has 56 heavy (non-hydrogen) atoms. The van der Waals surface area contributed by atoms with Gasteiger partial charge in [0, 0.05) is 28.2 Å². The van der Waals surface area contributed by atoms with E-state index in [0.717, 1.165) is 56.0 Å². The molecule has 0 unspecified atom stereocenters. The van der Waals surface area contributed by atoms with Crippen LogP contribution in [-0.2, 0) is 0 Å². The lowest BCUT2D eigenvalue weighted by atomic mass is 9.89. The molecule has 0 radical (unpaired) electrons. The van der Waals surface area contributed by atoms with Crippen LogP contribution < -0.4 is 4.90 Å². The summed E-state index contributed by atoms with van der Waals surface area (Å²) in [5.41, 5.74) is 15.1. The minimum atomic E-state index is 0.611. The van der Waals surface area contributed by atoms with E-state index in [4.69, 9.17) is 9.40 Å². The molecule has 3 nitrogen and oxygen atoms in total. The molecule has 0 spiro atoms. The van der Waals surface area contributed by atoms with Crippen LogP contribution >= 0.6 is 0 Å². The van der Waals surface area contributed by atoms with Crippen LogP contribution in [0.15, 0.2) is 223 Å². The molecule has 0 amide bonds. The van der Waals surface area contributed by atoms with Crippen molar-refractivity contribution in [1.29, 1.82) is 0 Å². The molecule has 10 aromatic rings. The van der Waals surface area contributed by atoms with Crippen molar-refractivity contribution >= 4 is 38.9 Å². The molecule has 0 saturated carbocycles. The van der Waals surface area contributed by atoms with E-state index in [0.29, 0.717) is 5.89 Å². The SMILES string of the molecule is c1ccc(N(c2ccccc2)c2ccc(-c3ccccc3-c3ccccc3-c3ccc(-c4nc5cccc(-c6cccc7ccccc67)c5o4)cc3)cc2)cc1. The molecule has 0 aliphatic heterocycles. The first kappa shape index (κ1) is 33.1. The second-order valence-electron chi connectivity index (χ2n) is 13.9. The molecule has 0 aliphatic carbocycles. The van der Waals surface area contributed by atoms with Crippen LogP contribution in [0.4, 0.5) is 17.1 Å². The zero-order valence-electron chi connectivity index (χ0n) is 30.6. The maximum absolute atomic E-state index is 6.55. The normalized spacial score (nSPS) is 11.2. The lowest BCUT2D eigenvalue weighted by molar-refractivity contribution is 0.621. The lowest BCUT2D eigenvalue weighted by Gasteiger charge is -2.25. The van der Waals surface area contributed by atoms with Crippen LogP contribution in [0.25, 0.3) is 77.8 Å². The van der Waals surface area contributed by atoms with E-state index >= 15 is 0 Å². The zero-order valence-corrected chi connectivity index (χ0v) is 30.6. The fourth-order valence-corrected chi connectivity index (χ4v) is 7.87. The van der Waals surface area contributed by atoms with Crippen molar-refractivity contribution in [3.63, 3.8) is 0 Å². The Hall–Kier alpha value is -7.49. The topological polar surface area (TPSA) is 29.3 Å². The van der Waals surface area contributed by atoms with Crippen molar-refractivity contribution in [2.24, 2.45) is 0 Å². The lowest BCUT2D eigenvalue weighted by Crippen LogP contribution is -2.09. The van der Waals surface area contributed by atoms with Crippen molar-refractivity contribution in [3.8, 4) is 56.0 Å². The number of rotatable bonds is 8. The third-order valence-corrected chi connectivity index (χ3v) is 10.5. The highest BCUT2D eigenvalue weighted by atomic mass is 16.3. The van der Waals surface area contributed by atoms with Crippen LogP contribution in [0.5, 0.6) is 0 Å². The van der Waals surface area contributed by atoms with Gasteiger partial charge in [-0.15, -0.1) is 0 Å². The van der Waals surface area contributed by atoms with Crippen LogP contribution in [0, 0.1) is 0 Å². The van der Waals surface area contributed by atoms with Crippen LogP contribution in [-0.4, -0.2) is 4.98 Å². The van der Waals surface area contributed by atoms with Crippen molar-refractivity contribution in [1.82, 2.24) is 4.98 Å². The van der Waals surface area contributed by atoms with Crippen molar-refractivity contribution in [2.75, 3.05) is 4.90 Å². The molecule has 0 N–H and O–H groups in total. The summed E-state index contributed by atoms with van der Waals surface area (Å²) in [7, 11) is 0. The van der Waals surface area contributed by atoms with Gasteiger partial charge in [-0.25, -0.2) is 4.98 Å². The minimum Gasteiger partial charge on any atom is -0.435 e. The number of oxazole rings is 1. The van der Waals surface area contributed by atoms with Gasteiger partial charge in [0.05, 0.1) is 0 Å². The molecular formula is C53H36N2O. The number of hydrogen-bond acceptors (Lipinski definition) is 3. The highest BCUT2D eigenvalue weighted by Gasteiger charge is 2.17. The maximum Gasteiger partial charge on any atom is 0.227 e. The molecule has 1 heterocycles. The molecule has 0 saturated heterocycles. The zero-order chi connectivity index (χ0) is 37.3. The van der Waals surface area contributed by atoms with Gasteiger partial charge in [0.2, 0.25) is 5.89 Å². The molecule has 0 atom stereocenters. The Kier molecular flexibility index (Phi) is 8.51. The molecule has 0 fully saturated rings. The van der Waals surface area contributed by atoms with E-state index in [1.807, 2.05) is 6.07 Å². The highest BCUT2D eigenvalue weighted by Crippen LogP contribution is 2.41. The predicted octanol–water partition coefficient (Wildman–Crippen LogP) is 14.8. The van der Waals surface area contributed by atoms with Crippen molar-refractivity contribution in [3.05, 3.63) is 218 Å². The molecule has 264 valence electrons. The minimum absolute atomic E-state index is 0.611. The van der Waals surface area contributed by atoms with Crippen LogP contribution in [0.3, 0.4) is 0 Å². The first-order valence-electron chi connectivity index (χ1n) is 19.0. The Bertz CT molecular complexity index is 2900. The molecule has 0 bridgehead atoms. The van der Waals surface area contributed by atoms with E-state index < -0.39 is 0 Å². The molecular weight excluding hydrogens is 681 g/mol. The maximum atomic E-state index is 6.55. The van der Waals surface area contributed by atoms with Crippen molar-refractivity contribution < 1.29 is 4.42 Å². The fourth-order valence-electron chi connectivity index (χ4n) is 7.87. The van der Waals surface area contributed by atoms with Gasteiger partial charge in [-0.05, 0) is 104 Å². The van der Waals surface area contributed by atoms with Gasteiger partial charge < -0.3 is 9.32 Å². The van der Waals surface area contributed by atoms with Crippen LogP contribution in [0.2, 0.25) is 0 Å². The van der Waals surface area contributed by atoms with Gasteiger partial charge in [0.1, 0.15) is 5.52 Å². The van der Waals surface area contributed by atoms with Gasteiger partial charge in [-0.2, -0.15) is 0 Å². The quantitative estimate of drug-likeness (QED) is 0.157. The summed E-state index contributed by atoms with van der Waals surface area (Å²) >= 11 is 0. The summed E-state index contributed by atoms with van der Waals surface area (Å²) in [4.78, 5) is 7.23. The second-order valence-corrected chi connectivity index (χ2v) is 13.9. The van der Waals surface area contributed by atoms with E-state index in [9.17, 15) is 0 Å². The third-order valence-electron chi connectivity index (χ3n) is 10.5. The largest absolute Gasteiger partial charge is 0.435 e. The number of hydrogen-bond donors (Lipinski definition) is 0. The molecule has 10 rings (SSSR count).